The number of hydrogen-bond acceptors (Lipinski definition) is 6. The van der Waals surface area contributed by atoms with Crippen molar-refractivity contribution in [1.29, 1.82) is 0 Å². The maximum atomic E-state index is 11.0. The van der Waals surface area contributed by atoms with Crippen LogP contribution in [0.4, 0.5) is 11.5 Å². The fourth-order valence-electron chi connectivity index (χ4n) is 2.51. The maximum absolute atomic E-state index is 11.0. The number of ether oxygens (including phenoxy) is 1. The average Bonchev–Trinajstić information content (AvgIpc) is 2.44. The zero-order valence-corrected chi connectivity index (χ0v) is 11.4. The van der Waals surface area contributed by atoms with Crippen molar-refractivity contribution in [3.63, 3.8) is 0 Å². The number of methoxy groups -OCH3 is 1. The standard InChI is InChI=1S/C13H19N3O4/c1-20-12-6-5-11(16(18)19)13(15-12)14-8-9-3-2-4-10(17)7-9/h5-6,9-10,17H,2-4,7-8H2,1H3,(H,14,15). The second-order valence-electron chi connectivity index (χ2n) is 5.05. The Morgan fingerprint density at radius 1 is 1.55 bits per heavy atom. The highest BCUT2D eigenvalue weighted by molar-refractivity contribution is 5.57. The molecule has 0 bridgehead atoms. The molecule has 1 aliphatic carbocycles. The van der Waals surface area contributed by atoms with E-state index in [2.05, 4.69) is 10.3 Å². The summed E-state index contributed by atoms with van der Waals surface area (Å²) in [5, 5.41) is 23.6. The topological polar surface area (TPSA) is 97.5 Å². The summed E-state index contributed by atoms with van der Waals surface area (Å²) < 4.78 is 4.98. The second-order valence-corrected chi connectivity index (χ2v) is 5.05. The number of pyridine rings is 1. The third-order valence-electron chi connectivity index (χ3n) is 3.57. The van der Waals surface area contributed by atoms with Gasteiger partial charge in [0.25, 0.3) is 0 Å². The zero-order valence-electron chi connectivity index (χ0n) is 11.4. The Balaban J connectivity index is 2.05. The predicted octanol–water partition coefficient (Wildman–Crippen LogP) is 1.96. The van der Waals surface area contributed by atoms with Crippen LogP contribution >= 0.6 is 0 Å². The molecule has 2 rings (SSSR count). The predicted molar refractivity (Wildman–Crippen MR) is 73.9 cm³/mol. The van der Waals surface area contributed by atoms with E-state index in [0.717, 1.165) is 25.7 Å². The van der Waals surface area contributed by atoms with Gasteiger partial charge in [-0.2, -0.15) is 4.98 Å². The van der Waals surface area contributed by atoms with E-state index in [1.165, 1.54) is 19.2 Å². The first kappa shape index (κ1) is 14.5. The number of aliphatic hydroxyl groups is 1. The van der Waals surface area contributed by atoms with E-state index in [1.54, 1.807) is 0 Å². The number of nitrogens with one attached hydrogen (secondary N) is 1. The van der Waals surface area contributed by atoms with Crippen LogP contribution in [0.1, 0.15) is 25.7 Å². The third kappa shape index (κ3) is 3.57. The van der Waals surface area contributed by atoms with Gasteiger partial charge >= 0.3 is 5.69 Å². The maximum Gasteiger partial charge on any atom is 0.311 e. The Kier molecular flexibility index (Phi) is 4.73. The zero-order chi connectivity index (χ0) is 14.5. The Morgan fingerprint density at radius 2 is 2.35 bits per heavy atom. The smallest absolute Gasteiger partial charge is 0.311 e. The molecule has 0 radical (unpaired) electrons. The molecule has 1 fully saturated rings. The van der Waals surface area contributed by atoms with E-state index in [1.807, 2.05) is 0 Å². The van der Waals surface area contributed by atoms with Crippen molar-refractivity contribution >= 4 is 11.5 Å². The van der Waals surface area contributed by atoms with Gasteiger partial charge in [0, 0.05) is 18.7 Å². The molecule has 1 saturated carbocycles. The number of aliphatic hydroxyl groups excluding tert-OH is 1. The molecule has 1 aromatic rings. The van der Waals surface area contributed by atoms with Crippen molar-refractivity contribution in [1.82, 2.24) is 4.98 Å². The van der Waals surface area contributed by atoms with Crippen molar-refractivity contribution < 1.29 is 14.8 Å². The number of hydrogen-bond donors (Lipinski definition) is 2. The normalized spacial score (nSPS) is 22.3. The van der Waals surface area contributed by atoms with Crippen LogP contribution in [0.2, 0.25) is 0 Å². The van der Waals surface area contributed by atoms with Crippen LogP contribution in [-0.2, 0) is 0 Å². The second kappa shape index (κ2) is 6.51. The van der Waals surface area contributed by atoms with Crippen molar-refractivity contribution in [3.05, 3.63) is 22.2 Å². The molecule has 0 aromatic carbocycles. The third-order valence-corrected chi connectivity index (χ3v) is 3.57. The molecular formula is C13H19N3O4. The Bertz CT molecular complexity index is 481. The molecule has 2 unspecified atom stereocenters. The first-order chi connectivity index (χ1) is 9.60. The number of nitro groups is 1. The average molecular weight is 281 g/mol. The molecule has 110 valence electrons. The molecule has 0 aliphatic heterocycles. The molecule has 1 aliphatic rings. The highest BCUT2D eigenvalue weighted by atomic mass is 16.6. The molecule has 2 atom stereocenters. The summed E-state index contributed by atoms with van der Waals surface area (Å²) >= 11 is 0. The van der Waals surface area contributed by atoms with Crippen molar-refractivity contribution in [2.24, 2.45) is 5.92 Å². The monoisotopic (exact) mass is 281 g/mol. The summed E-state index contributed by atoms with van der Waals surface area (Å²) in [6, 6.07) is 2.84. The molecule has 0 saturated heterocycles. The van der Waals surface area contributed by atoms with Crippen LogP contribution in [0.25, 0.3) is 0 Å². The Hall–Kier alpha value is -1.89. The van der Waals surface area contributed by atoms with Crippen LogP contribution in [-0.4, -0.2) is 34.8 Å². The lowest BCUT2D eigenvalue weighted by Gasteiger charge is -2.26. The van der Waals surface area contributed by atoms with Gasteiger partial charge in [0.05, 0.1) is 18.1 Å². The summed E-state index contributed by atoms with van der Waals surface area (Å²) in [7, 11) is 1.47. The minimum absolute atomic E-state index is 0.0674. The first-order valence-corrected chi connectivity index (χ1v) is 6.71. The van der Waals surface area contributed by atoms with E-state index in [9.17, 15) is 15.2 Å². The van der Waals surface area contributed by atoms with E-state index in [-0.39, 0.29) is 17.6 Å². The fraction of sp³-hybridized carbons (Fsp3) is 0.615. The number of anilines is 1. The van der Waals surface area contributed by atoms with Gasteiger partial charge in [0.2, 0.25) is 11.7 Å². The summed E-state index contributed by atoms with van der Waals surface area (Å²) in [6.07, 6.45) is 3.31. The van der Waals surface area contributed by atoms with Gasteiger partial charge in [0.1, 0.15) is 0 Å². The largest absolute Gasteiger partial charge is 0.481 e. The minimum Gasteiger partial charge on any atom is -0.481 e. The minimum atomic E-state index is -0.468. The quantitative estimate of drug-likeness (QED) is 0.632. The molecule has 7 heteroatoms. The van der Waals surface area contributed by atoms with Crippen LogP contribution in [0.5, 0.6) is 5.88 Å². The molecule has 7 nitrogen and oxygen atoms in total. The van der Waals surface area contributed by atoms with E-state index in [0.29, 0.717) is 18.3 Å². The van der Waals surface area contributed by atoms with Crippen LogP contribution in [0, 0.1) is 16.0 Å². The van der Waals surface area contributed by atoms with Crippen molar-refractivity contribution in [3.8, 4) is 5.88 Å². The van der Waals surface area contributed by atoms with Crippen molar-refractivity contribution in [2.45, 2.75) is 31.8 Å². The molecular weight excluding hydrogens is 262 g/mol. The van der Waals surface area contributed by atoms with Gasteiger partial charge in [-0.05, 0) is 25.2 Å². The van der Waals surface area contributed by atoms with Gasteiger partial charge in [0.15, 0.2) is 0 Å². The summed E-state index contributed by atoms with van der Waals surface area (Å²) in [6.45, 7) is 0.568. The van der Waals surface area contributed by atoms with E-state index < -0.39 is 4.92 Å². The molecule has 2 N–H and O–H groups in total. The summed E-state index contributed by atoms with van der Waals surface area (Å²) in [5.74, 6) is 0.863. The number of rotatable bonds is 5. The lowest BCUT2D eigenvalue weighted by molar-refractivity contribution is -0.384. The van der Waals surface area contributed by atoms with E-state index in [4.69, 9.17) is 4.74 Å². The molecule has 1 heterocycles. The molecule has 1 aromatic heterocycles. The van der Waals surface area contributed by atoms with Gasteiger partial charge in [-0.25, -0.2) is 0 Å². The summed E-state index contributed by atoms with van der Waals surface area (Å²) in [5.41, 5.74) is -0.0674. The van der Waals surface area contributed by atoms with E-state index >= 15 is 0 Å². The van der Waals surface area contributed by atoms with Crippen LogP contribution < -0.4 is 10.1 Å². The van der Waals surface area contributed by atoms with Crippen molar-refractivity contribution in [2.75, 3.05) is 19.0 Å². The Labute approximate surface area is 117 Å². The number of aromatic nitrogens is 1. The molecule has 0 amide bonds. The lowest BCUT2D eigenvalue weighted by Crippen LogP contribution is -2.25. The SMILES string of the molecule is COc1ccc([N+](=O)[O-])c(NCC2CCCC(O)C2)n1. The van der Waals surface area contributed by atoms with Gasteiger partial charge < -0.3 is 15.2 Å². The van der Waals surface area contributed by atoms with Crippen LogP contribution in [0.3, 0.4) is 0 Å². The van der Waals surface area contributed by atoms with Gasteiger partial charge in [-0.15, -0.1) is 0 Å². The fourth-order valence-corrected chi connectivity index (χ4v) is 2.51. The number of nitrogens with zero attached hydrogens (tertiary/aromatic N) is 2. The molecule has 0 spiro atoms. The lowest BCUT2D eigenvalue weighted by atomic mass is 9.87. The highest BCUT2D eigenvalue weighted by Crippen LogP contribution is 2.28. The van der Waals surface area contributed by atoms with Gasteiger partial charge in [-0.3, -0.25) is 10.1 Å². The summed E-state index contributed by atoms with van der Waals surface area (Å²) in [4.78, 5) is 14.6. The van der Waals surface area contributed by atoms with Crippen LogP contribution in [0.15, 0.2) is 12.1 Å². The first-order valence-electron chi connectivity index (χ1n) is 6.71. The highest BCUT2D eigenvalue weighted by Gasteiger charge is 2.22. The van der Waals surface area contributed by atoms with Gasteiger partial charge in [-0.1, -0.05) is 6.42 Å². The molecule has 20 heavy (non-hydrogen) atoms. The Morgan fingerprint density at radius 3 is 3.00 bits per heavy atom.